The van der Waals surface area contributed by atoms with Crippen LogP contribution in [0.2, 0.25) is 0 Å². The van der Waals surface area contributed by atoms with Crippen molar-refractivity contribution in [2.45, 2.75) is 101 Å². The summed E-state index contributed by atoms with van der Waals surface area (Å²) in [5.74, 6) is 0. The maximum atomic E-state index is 11.8. The predicted molar refractivity (Wildman–Crippen MR) is 172 cm³/mol. The third-order valence-corrected chi connectivity index (χ3v) is 6.05. The maximum absolute atomic E-state index is 11.8. The normalized spacial score (nSPS) is 13.2. The van der Waals surface area contributed by atoms with Gasteiger partial charge in [0.25, 0.3) is 0 Å². The average molecular weight is 556 g/mol. The van der Waals surface area contributed by atoms with E-state index in [1.807, 2.05) is 6.92 Å². The van der Waals surface area contributed by atoms with Crippen molar-refractivity contribution < 1.29 is 4.74 Å². The first-order valence-electron chi connectivity index (χ1n) is 13.8. The predicted octanol–water partition coefficient (Wildman–Crippen LogP) is 7.22. The molecule has 0 amide bonds. The van der Waals surface area contributed by atoms with Gasteiger partial charge in [-0.3, -0.25) is 4.79 Å². The van der Waals surface area contributed by atoms with Crippen LogP contribution in [0.1, 0.15) is 101 Å². The van der Waals surface area contributed by atoms with Crippen LogP contribution in [-0.2, 0) is 10.2 Å². The first kappa shape index (κ1) is 38.2. The van der Waals surface area contributed by atoms with Crippen LogP contribution >= 0.6 is 24.4 Å². The van der Waals surface area contributed by atoms with Crippen molar-refractivity contribution in [1.82, 2.24) is 4.90 Å². The van der Waals surface area contributed by atoms with Crippen LogP contribution < -0.4 is 16.5 Å². The molecule has 5 nitrogen and oxygen atoms in total. The summed E-state index contributed by atoms with van der Waals surface area (Å²) in [6, 6.07) is 0. The SMILES string of the molecule is CC1=C(C(C)(C)C)C(=S)C1.CCC.CCCN(C)CCOCCNc1c(C(C)(C)C)c(=S)c1=O.CCN. The first-order valence-corrected chi connectivity index (χ1v) is 14.6. The van der Waals surface area contributed by atoms with Gasteiger partial charge in [0, 0.05) is 29.9 Å². The number of hydrogen-bond donors (Lipinski definition) is 2. The molecule has 0 saturated carbocycles. The molecule has 0 unspecified atom stereocenters. The molecule has 2 rings (SSSR count). The highest BCUT2D eigenvalue weighted by Gasteiger charge is 2.29. The highest BCUT2D eigenvalue weighted by Crippen LogP contribution is 2.38. The number of nitrogens with two attached hydrogens (primary N) is 1. The number of ether oxygens (including phenoxy) is 1. The summed E-state index contributed by atoms with van der Waals surface area (Å²) in [6.45, 7) is 28.1. The number of anilines is 1. The molecule has 1 aromatic carbocycles. The lowest BCUT2D eigenvalue weighted by molar-refractivity contribution is 0.119. The van der Waals surface area contributed by atoms with E-state index >= 15 is 0 Å². The summed E-state index contributed by atoms with van der Waals surface area (Å²) in [5, 5.41) is 3.17. The maximum Gasteiger partial charge on any atom is 0.220 e. The summed E-state index contributed by atoms with van der Waals surface area (Å²) >= 11 is 10.3. The Morgan fingerprint density at radius 3 is 1.84 bits per heavy atom. The van der Waals surface area contributed by atoms with E-state index < -0.39 is 0 Å². The molecule has 0 saturated heterocycles. The number of nitrogens with one attached hydrogen (secondary N) is 1. The second-order valence-corrected chi connectivity index (χ2v) is 12.5. The van der Waals surface area contributed by atoms with Crippen LogP contribution in [0.3, 0.4) is 0 Å². The van der Waals surface area contributed by atoms with Crippen molar-refractivity contribution in [3.05, 3.63) is 31.4 Å². The number of nitrogens with zero attached hydrogens (tertiary/aromatic N) is 1. The molecule has 3 N–H and O–H groups in total. The van der Waals surface area contributed by atoms with Gasteiger partial charge in [0.05, 0.1) is 23.4 Å². The summed E-state index contributed by atoms with van der Waals surface area (Å²) in [6.07, 6.45) is 3.46. The van der Waals surface area contributed by atoms with E-state index in [4.69, 9.17) is 34.9 Å². The summed E-state index contributed by atoms with van der Waals surface area (Å²) in [4.78, 5) is 15.2. The topological polar surface area (TPSA) is 67.6 Å². The minimum atomic E-state index is -0.0863. The van der Waals surface area contributed by atoms with Crippen molar-refractivity contribution in [2.24, 2.45) is 11.1 Å². The lowest BCUT2D eigenvalue weighted by Gasteiger charge is -2.33. The monoisotopic (exact) mass is 555 g/mol. The average Bonchev–Trinajstić information content (AvgIpc) is 2.74. The Hall–Kier alpha value is -0.990. The van der Waals surface area contributed by atoms with E-state index in [9.17, 15) is 4.79 Å². The third kappa shape index (κ3) is 14.7. The van der Waals surface area contributed by atoms with Crippen LogP contribution in [-0.4, -0.2) is 56.2 Å². The molecule has 216 valence electrons. The van der Waals surface area contributed by atoms with Crippen LogP contribution in [0.5, 0.6) is 0 Å². The van der Waals surface area contributed by atoms with Crippen molar-refractivity contribution in [3.63, 3.8) is 0 Å². The Morgan fingerprint density at radius 2 is 1.49 bits per heavy atom. The molecule has 0 aromatic heterocycles. The second-order valence-electron chi connectivity index (χ2n) is 11.6. The fourth-order valence-electron chi connectivity index (χ4n) is 3.95. The van der Waals surface area contributed by atoms with Gasteiger partial charge in [-0.05, 0) is 49.9 Å². The number of rotatable bonds is 9. The fourth-order valence-corrected chi connectivity index (χ4v) is 5.15. The Kier molecular flexibility index (Phi) is 19.7. The lowest BCUT2D eigenvalue weighted by atomic mass is 9.73. The number of hydrogen-bond acceptors (Lipinski definition) is 7. The summed E-state index contributed by atoms with van der Waals surface area (Å²) in [7, 11) is 2.10. The number of likely N-dealkylation sites (N-methyl/N-ethyl adjacent to an activating group) is 1. The molecular formula is C30H57N3O2S2. The molecular weight excluding hydrogens is 498 g/mol. The third-order valence-electron chi connectivity index (χ3n) is 5.31. The van der Waals surface area contributed by atoms with Gasteiger partial charge in [0.15, 0.2) is 0 Å². The van der Waals surface area contributed by atoms with Gasteiger partial charge >= 0.3 is 0 Å². The van der Waals surface area contributed by atoms with Gasteiger partial charge in [0.1, 0.15) is 0 Å². The molecule has 7 heteroatoms. The molecule has 0 atom stereocenters. The van der Waals surface area contributed by atoms with Crippen molar-refractivity contribution in [1.29, 1.82) is 0 Å². The smallest absolute Gasteiger partial charge is 0.220 e. The minimum Gasteiger partial charge on any atom is -0.379 e. The van der Waals surface area contributed by atoms with Gasteiger partial charge in [-0.25, -0.2) is 0 Å². The first-order chi connectivity index (χ1) is 17.0. The van der Waals surface area contributed by atoms with Crippen LogP contribution in [0, 0.1) is 9.93 Å². The van der Waals surface area contributed by atoms with E-state index in [0.717, 1.165) is 44.6 Å². The molecule has 1 aromatic rings. The van der Waals surface area contributed by atoms with Crippen molar-refractivity contribution >= 4 is 35.0 Å². The Morgan fingerprint density at radius 1 is 0.973 bits per heavy atom. The Labute approximate surface area is 239 Å². The number of thiocarbonyl (C=S) groups is 1. The zero-order valence-corrected chi connectivity index (χ0v) is 27.7. The molecule has 0 heterocycles. The molecule has 1 aliphatic rings. The van der Waals surface area contributed by atoms with Gasteiger partial charge in [-0.1, -0.05) is 106 Å². The largest absolute Gasteiger partial charge is 0.379 e. The van der Waals surface area contributed by atoms with Crippen LogP contribution in [0.15, 0.2) is 15.9 Å². The zero-order valence-electron chi connectivity index (χ0n) is 26.0. The summed E-state index contributed by atoms with van der Waals surface area (Å²) in [5.41, 5.74) is 9.57. The highest BCUT2D eigenvalue weighted by atomic mass is 32.1. The highest BCUT2D eigenvalue weighted by molar-refractivity contribution is 7.81. The minimum absolute atomic E-state index is 0.0300. The molecule has 0 bridgehead atoms. The fraction of sp³-hybridized carbons (Fsp3) is 0.767. The Balaban J connectivity index is 0. The lowest BCUT2D eigenvalue weighted by Crippen LogP contribution is -2.30. The summed E-state index contributed by atoms with van der Waals surface area (Å²) < 4.78 is 6.06. The van der Waals surface area contributed by atoms with E-state index in [0.29, 0.717) is 23.3 Å². The molecule has 0 aliphatic heterocycles. The van der Waals surface area contributed by atoms with Crippen molar-refractivity contribution in [2.75, 3.05) is 51.8 Å². The number of allylic oxidation sites excluding steroid dienone is 2. The molecule has 0 fully saturated rings. The molecule has 1 aliphatic carbocycles. The molecule has 0 spiro atoms. The molecule has 0 radical (unpaired) electrons. The van der Waals surface area contributed by atoms with E-state index in [2.05, 4.69) is 86.5 Å². The quantitative estimate of drug-likeness (QED) is 0.246. The Bertz CT molecular complexity index is 884. The van der Waals surface area contributed by atoms with E-state index in [1.165, 1.54) is 22.4 Å². The van der Waals surface area contributed by atoms with Gasteiger partial charge < -0.3 is 20.7 Å². The van der Waals surface area contributed by atoms with Crippen molar-refractivity contribution in [3.8, 4) is 0 Å². The van der Waals surface area contributed by atoms with Gasteiger partial charge in [-0.2, -0.15) is 0 Å². The molecule has 37 heavy (non-hydrogen) atoms. The zero-order chi connectivity index (χ0) is 29.4. The second kappa shape index (κ2) is 19.1. The standard InChI is InChI=1S/C16H28N2O2S.C9H14S.C3H8.C2H7N/c1-6-8-18(5)9-11-20-10-7-17-13-12(16(2,3)4)15(21)14(13)19;1-6-5-7(10)8(6)9(2,3)4;1-3-2;1-2-3/h17H,6-11H2,1-5H3;5H2,1-4H3;3H2,1-2H3;2-3H2,1H3. The van der Waals surface area contributed by atoms with E-state index in [1.54, 1.807) is 0 Å². The van der Waals surface area contributed by atoms with Gasteiger partial charge in [0.2, 0.25) is 5.43 Å². The van der Waals surface area contributed by atoms with Crippen LogP contribution in [0.25, 0.3) is 0 Å². The van der Waals surface area contributed by atoms with E-state index in [-0.39, 0.29) is 16.3 Å². The van der Waals surface area contributed by atoms with Crippen LogP contribution in [0.4, 0.5) is 5.69 Å². The van der Waals surface area contributed by atoms with Gasteiger partial charge in [-0.15, -0.1) is 0 Å².